The third-order valence-corrected chi connectivity index (χ3v) is 5.68. The van der Waals surface area contributed by atoms with Crippen LogP contribution in [0, 0.1) is 0 Å². The summed E-state index contributed by atoms with van der Waals surface area (Å²) >= 11 is 0. The zero-order chi connectivity index (χ0) is 22.0. The Balaban J connectivity index is 1.56. The number of nitrogens with one attached hydrogen (secondary N) is 1. The standard InChI is InChI=1S/C26H29NO4/c1-5-22(30-23-12-8-10-17-9-6-7-11-19(17)23)25(28)27-21-16-26(2,3)31-24-15-18(29-4)13-14-20(21)24/h6-15,21-22H,5,16H2,1-4H3,(H,27,28)/t21-,22-/m1/s1. The average molecular weight is 420 g/mol. The van der Waals surface area contributed by atoms with E-state index >= 15 is 0 Å². The van der Waals surface area contributed by atoms with Crippen LogP contribution < -0.4 is 19.5 Å². The summed E-state index contributed by atoms with van der Waals surface area (Å²) in [5.41, 5.74) is 0.545. The van der Waals surface area contributed by atoms with Crippen LogP contribution in [0.5, 0.6) is 17.2 Å². The van der Waals surface area contributed by atoms with E-state index in [1.807, 2.05) is 81.4 Å². The smallest absolute Gasteiger partial charge is 0.261 e. The largest absolute Gasteiger partial charge is 0.497 e. The van der Waals surface area contributed by atoms with E-state index < -0.39 is 11.7 Å². The summed E-state index contributed by atoms with van der Waals surface area (Å²) in [5.74, 6) is 2.06. The lowest BCUT2D eigenvalue weighted by atomic mass is 9.89. The Morgan fingerprint density at radius 3 is 2.71 bits per heavy atom. The normalized spacial score (nSPS) is 17.9. The Kier molecular flexibility index (Phi) is 5.77. The van der Waals surface area contributed by atoms with Crippen molar-refractivity contribution in [3.05, 3.63) is 66.2 Å². The molecule has 0 unspecified atom stereocenters. The van der Waals surface area contributed by atoms with E-state index in [4.69, 9.17) is 14.2 Å². The molecular formula is C26H29NO4. The molecule has 0 aromatic heterocycles. The molecule has 5 nitrogen and oxygen atoms in total. The van der Waals surface area contributed by atoms with Crippen molar-refractivity contribution in [1.82, 2.24) is 5.32 Å². The Hall–Kier alpha value is -3.21. The first-order valence-electron chi connectivity index (χ1n) is 10.7. The van der Waals surface area contributed by atoms with Crippen LogP contribution in [-0.4, -0.2) is 24.7 Å². The number of amides is 1. The van der Waals surface area contributed by atoms with Gasteiger partial charge in [0.15, 0.2) is 6.10 Å². The predicted molar refractivity (Wildman–Crippen MR) is 122 cm³/mol. The second-order valence-electron chi connectivity index (χ2n) is 8.52. The van der Waals surface area contributed by atoms with Crippen LogP contribution >= 0.6 is 0 Å². The topological polar surface area (TPSA) is 56.8 Å². The average Bonchev–Trinajstić information content (AvgIpc) is 2.76. The zero-order valence-corrected chi connectivity index (χ0v) is 18.5. The second-order valence-corrected chi connectivity index (χ2v) is 8.52. The van der Waals surface area contributed by atoms with Crippen molar-refractivity contribution in [2.75, 3.05) is 7.11 Å². The third kappa shape index (κ3) is 4.46. The molecule has 5 heteroatoms. The maximum Gasteiger partial charge on any atom is 0.261 e. The zero-order valence-electron chi connectivity index (χ0n) is 18.5. The molecule has 0 aliphatic carbocycles. The molecule has 2 atom stereocenters. The maximum atomic E-state index is 13.2. The number of fused-ring (bicyclic) bond motifs is 2. The number of carbonyl (C=O) groups excluding carboxylic acids is 1. The molecule has 1 amide bonds. The van der Waals surface area contributed by atoms with E-state index in [1.54, 1.807) is 7.11 Å². The molecule has 0 spiro atoms. The van der Waals surface area contributed by atoms with Gasteiger partial charge >= 0.3 is 0 Å². The molecule has 0 fully saturated rings. The number of hydrogen-bond donors (Lipinski definition) is 1. The quantitative estimate of drug-likeness (QED) is 0.579. The van der Waals surface area contributed by atoms with Gasteiger partial charge in [0.2, 0.25) is 0 Å². The third-order valence-electron chi connectivity index (χ3n) is 5.68. The fraction of sp³-hybridized carbons (Fsp3) is 0.346. The molecule has 3 aromatic carbocycles. The summed E-state index contributed by atoms with van der Waals surface area (Å²) in [5, 5.41) is 5.29. The molecule has 0 saturated heterocycles. The van der Waals surface area contributed by atoms with E-state index in [9.17, 15) is 4.79 Å². The van der Waals surface area contributed by atoms with Gasteiger partial charge in [-0.2, -0.15) is 0 Å². The molecule has 3 aromatic rings. The fourth-order valence-corrected chi connectivity index (χ4v) is 4.13. The van der Waals surface area contributed by atoms with Gasteiger partial charge in [-0.05, 0) is 43.9 Å². The minimum atomic E-state index is -0.585. The van der Waals surface area contributed by atoms with Gasteiger partial charge in [0.1, 0.15) is 22.8 Å². The highest BCUT2D eigenvalue weighted by Gasteiger charge is 2.36. The van der Waals surface area contributed by atoms with E-state index in [0.717, 1.165) is 33.6 Å². The summed E-state index contributed by atoms with van der Waals surface area (Å²) in [6.45, 7) is 6.01. The summed E-state index contributed by atoms with van der Waals surface area (Å²) in [6, 6.07) is 19.5. The van der Waals surface area contributed by atoms with Crippen LogP contribution in [0.2, 0.25) is 0 Å². The van der Waals surface area contributed by atoms with Crippen molar-refractivity contribution in [2.24, 2.45) is 0 Å². The van der Waals surface area contributed by atoms with Crippen molar-refractivity contribution >= 4 is 16.7 Å². The lowest BCUT2D eigenvalue weighted by molar-refractivity contribution is -0.129. The molecule has 0 bridgehead atoms. The highest BCUT2D eigenvalue weighted by atomic mass is 16.5. The molecule has 0 radical (unpaired) electrons. The first-order valence-corrected chi connectivity index (χ1v) is 10.7. The van der Waals surface area contributed by atoms with Crippen molar-refractivity contribution in [2.45, 2.75) is 51.4 Å². The van der Waals surface area contributed by atoms with Gasteiger partial charge in [0.05, 0.1) is 13.2 Å². The van der Waals surface area contributed by atoms with Crippen LogP contribution in [0.3, 0.4) is 0 Å². The van der Waals surface area contributed by atoms with Crippen LogP contribution in [0.4, 0.5) is 0 Å². The van der Waals surface area contributed by atoms with Crippen molar-refractivity contribution < 1.29 is 19.0 Å². The highest BCUT2D eigenvalue weighted by Crippen LogP contribution is 2.41. The number of ether oxygens (including phenoxy) is 3. The van der Waals surface area contributed by atoms with Crippen molar-refractivity contribution in [3.8, 4) is 17.2 Å². The minimum Gasteiger partial charge on any atom is -0.497 e. The summed E-state index contributed by atoms with van der Waals surface area (Å²) < 4.78 is 17.7. The van der Waals surface area contributed by atoms with Gasteiger partial charge in [-0.15, -0.1) is 0 Å². The highest BCUT2D eigenvalue weighted by molar-refractivity contribution is 5.89. The summed E-state index contributed by atoms with van der Waals surface area (Å²) in [7, 11) is 1.63. The second kappa shape index (κ2) is 8.50. The van der Waals surface area contributed by atoms with Gasteiger partial charge < -0.3 is 19.5 Å². The molecule has 0 saturated carbocycles. The number of rotatable bonds is 6. The van der Waals surface area contributed by atoms with Gasteiger partial charge in [-0.1, -0.05) is 43.3 Å². The van der Waals surface area contributed by atoms with Gasteiger partial charge in [-0.25, -0.2) is 0 Å². The first-order chi connectivity index (χ1) is 14.9. The Bertz CT molecular complexity index is 1090. The Morgan fingerprint density at radius 2 is 1.94 bits per heavy atom. The number of benzene rings is 3. The molecular weight excluding hydrogens is 390 g/mol. The Labute approximate surface area is 183 Å². The summed E-state index contributed by atoms with van der Waals surface area (Å²) in [6.07, 6.45) is 0.651. The lowest BCUT2D eigenvalue weighted by Gasteiger charge is -2.38. The summed E-state index contributed by atoms with van der Waals surface area (Å²) in [4.78, 5) is 13.2. The lowest BCUT2D eigenvalue weighted by Crippen LogP contribution is -2.45. The Morgan fingerprint density at radius 1 is 1.16 bits per heavy atom. The fourth-order valence-electron chi connectivity index (χ4n) is 4.13. The SMILES string of the molecule is CC[C@@H](Oc1cccc2ccccc12)C(=O)N[C@@H]1CC(C)(C)Oc2cc(OC)ccc21. The number of hydrogen-bond acceptors (Lipinski definition) is 4. The van der Waals surface area contributed by atoms with E-state index in [-0.39, 0.29) is 11.9 Å². The molecule has 4 rings (SSSR count). The van der Waals surface area contributed by atoms with Crippen LogP contribution in [0.25, 0.3) is 10.8 Å². The predicted octanol–water partition coefficient (Wildman–Crippen LogP) is 5.42. The minimum absolute atomic E-state index is 0.125. The van der Waals surface area contributed by atoms with Crippen LogP contribution in [0.1, 0.15) is 45.2 Å². The van der Waals surface area contributed by atoms with Crippen molar-refractivity contribution in [3.63, 3.8) is 0 Å². The van der Waals surface area contributed by atoms with E-state index in [2.05, 4.69) is 5.32 Å². The number of carbonyl (C=O) groups is 1. The molecule has 1 heterocycles. The monoisotopic (exact) mass is 419 g/mol. The van der Waals surface area contributed by atoms with Crippen LogP contribution in [0.15, 0.2) is 60.7 Å². The van der Waals surface area contributed by atoms with Gasteiger partial charge in [0, 0.05) is 23.4 Å². The molecule has 162 valence electrons. The molecule has 1 aliphatic rings. The van der Waals surface area contributed by atoms with E-state index in [1.165, 1.54) is 0 Å². The van der Waals surface area contributed by atoms with Gasteiger partial charge in [-0.3, -0.25) is 4.79 Å². The molecule has 1 N–H and O–H groups in total. The first kappa shape index (κ1) is 21.0. The van der Waals surface area contributed by atoms with E-state index in [0.29, 0.717) is 12.8 Å². The maximum absolute atomic E-state index is 13.2. The van der Waals surface area contributed by atoms with Crippen LogP contribution in [-0.2, 0) is 4.79 Å². The van der Waals surface area contributed by atoms with Crippen molar-refractivity contribution in [1.29, 1.82) is 0 Å². The molecule has 31 heavy (non-hydrogen) atoms. The molecule has 1 aliphatic heterocycles. The van der Waals surface area contributed by atoms with Gasteiger partial charge in [0.25, 0.3) is 5.91 Å². The number of methoxy groups -OCH3 is 1.